The van der Waals surface area contributed by atoms with E-state index in [0.717, 1.165) is 16.7 Å². The Balaban J connectivity index is 2.46. The minimum Gasteiger partial charge on any atom is -0.496 e. The van der Waals surface area contributed by atoms with Crippen molar-refractivity contribution in [1.82, 2.24) is 0 Å². The van der Waals surface area contributed by atoms with Crippen LogP contribution in [-0.2, 0) is 6.42 Å². The number of methoxy groups -OCH3 is 3. The molecule has 0 atom stereocenters. The molecular weight excluding hydrogens is 340 g/mol. The molecule has 0 radical (unpaired) electrons. The van der Waals surface area contributed by atoms with Crippen molar-refractivity contribution in [2.45, 2.75) is 46.0 Å². The molecule has 0 aliphatic carbocycles. The normalized spacial score (nSPS) is 11.0. The SMILES string of the molecule is COc1cc(OC)c(CC(=O)c2ccc(C(C)C)cc2C(C)C)c(OC)c1. The molecule has 4 heteroatoms. The van der Waals surface area contributed by atoms with Gasteiger partial charge >= 0.3 is 0 Å². The van der Waals surface area contributed by atoms with Gasteiger partial charge in [-0.25, -0.2) is 0 Å². The summed E-state index contributed by atoms with van der Waals surface area (Å²) in [6.07, 6.45) is 0.205. The van der Waals surface area contributed by atoms with E-state index in [-0.39, 0.29) is 18.1 Å². The molecule has 0 heterocycles. The van der Waals surface area contributed by atoms with Crippen molar-refractivity contribution in [3.05, 3.63) is 52.6 Å². The molecule has 0 saturated carbocycles. The third kappa shape index (κ3) is 4.62. The lowest BCUT2D eigenvalue weighted by Crippen LogP contribution is -2.11. The Kier molecular flexibility index (Phi) is 6.89. The van der Waals surface area contributed by atoms with Crippen molar-refractivity contribution in [2.24, 2.45) is 0 Å². The standard InChI is InChI=1S/C23H30O4/c1-14(2)16-8-9-18(19(10-16)15(3)4)21(24)13-20-22(26-6)11-17(25-5)12-23(20)27-7/h8-12,14-15H,13H2,1-7H3. The zero-order chi connectivity index (χ0) is 20.1. The smallest absolute Gasteiger partial charge is 0.167 e. The van der Waals surface area contributed by atoms with Gasteiger partial charge in [-0.05, 0) is 23.0 Å². The number of rotatable bonds is 8. The number of ketones is 1. The highest BCUT2D eigenvalue weighted by Crippen LogP contribution is 2.35. The Labute approximate surface area is 162 Å². The minimum atomic E-state index is 0.0516. The summed E-state index contributed by atoms with van der Waals surface area (Å²) in [7, 11) is 4.75. The van der Waals surface area contributed by atoms with Gasteiger partial charge in [0.05, 0.1) is 21.3 Å². The molecule has 2 rings (SSSR count). The summed E-state index contributed by atoms with van der Waals surface area (Å²) in [5, 5.41) is 0. The van der Waals surface area contributed by atoms with Gasteiger partial charge in [0.2, 0.25) is 0 Å². The van der Waals surface area contributed by atoms with E-state index < -0.39 is 0 Å². The first-order valence-electron chi connectivity index (χ1n) is 9.28. The number of ether oxygens (including phenoxy) is 3. The average Bonchev–Trinajstić information content (AvgIpc) is 2.67. The van der Waals surface area contributed by atoms with E-state index in [2.05, 4.69) is 33.8 Å². The molecule has 4 nitrogen and oxygen atoms in total. The van der Waals surface area contributed by atoms with Crippen molar-refractivity contribution in [3.63, 3.8) is 0 Å². The van der Waals surface area contributed by atoms with Crippen LogP contribution in [0.3, 0.4) is 0 Å². The fourth-order valence-corrected chi connectivity index (χ4v) is 3.18. The number of benzene rings is 2. The topological polar surface area (TPSA) is 44.8 Å². The zero-order valence-electron chi connectivity index (χ0n) is 17.4. The summed E-state index contributed by atoms with van der Waals surface area (Å²) >= 11 is 0. The molecule has 0 spiro atoms. The lowest BCUT2D eigenvalue weighted by molar-refractivity contribution is 0.0989. The number of hydrogen-bond acceptors (Lipinski definition) is 4. The highest BCUT2D eigenvalue weighted by Gasteiger charge is 2.21. The Morgan fingerprint density at radius 3 is 1.89 bits per heavy atom. The predicted molar refractivity (Wildman–Crippen MR) is 109 cm³/mol. The second-order valence-electron chi connectivity index (χ2n) is 7.27. The van der Waals surface area contributed by atoms with E-state index in [4.69, 9.17) is 14.2 Å². The maximum absolute atomic E-state index is 13.2. The first kappa shape index (κ1) is 20.8. The summed E-state index contributed by atoms with van der Waals surface area (Å²) in [6, 6.07) is 9.71. The van der Waals surface area contributed by atoms with Crippen LogP contribution in [0.4, 0.5) is 0 Å². The van der Waals surface area contributed by atoms with Crippen LogP contribution in [-0.4, -0.2) is 27.1 Å². The highest BCUT2D eigenvalue weighted by atomic mass is 16.5. The average molecular weight is 370 g/mol. The van der Waals surface area contributed by atoms with Crippen LogP contribution in [0.25, 0.3) is 0 Å². The zero-order valence-corrected chi connectivity index (χ0v) is 17.4. The molecule has 0 aliphatic heterocycles. The van der Waals surface area contributed by atoms with E-state index in [1.165, 1.54) is 5.56 Å². The van der Waals surface area contributed by atoms with Crippen LogP contribution in [0.15, 0.2) is 30.3 Å². The van der Waals surface area contributed by atoms with Gasteiger partial charge in [-0.1, -0.05) is 45.9 Å². The number of Topliss-reactive ketones (excluding diaryl/α,β-unsaturated/α-hetero) is 1. The molecule has 27 heavy (non-hydrogen) atoms. The first-order valence-corrected chi connectivity index (χ1v) is 9.28. The molecule has 2 aromatic rings. The Hall–Kier alpha value is -2.49. The van der Waals surface area contributed by atoms with Crippen LogP contribution in [0, 0.1) is 0 Å². The van der Waals surface area contributed by atoms with Gasteiger partial charge in [-0.2, -0.15) is 0 Å². The van der Waals surface area contributed by atoms with Gasteiger partial charge in [-0.15, -0.1) is 0 Å². The number of carbonyl (C=O) groups is 1. The first-order chi connectivity index (χ1) is 12.8. The van der Waals surface area contributed by atoms with Crippen molar-refractivity contribution < 1.29 is 19.0 Å². The Morgan fingerprint density at radius 2 is 1.44 bits per heavy atom. The minimum absolute atomic E-state index is 0.0516. The Bertz CT molecular complexity index is 781. The van der Waals surface area contributed by atoms with Gasteiger partial charge in [0, 0.05) is 29.7 Å². The van der Waals surface area contributed by atoms with E-state index in [0.29, 0.717) is 23.2 Å². The molecule has 0 bridgehead atoms. The molecule has 0 saturated heterocycles. The third-order valence-electron chi connectivity index (χ3n) is 4.82. The molecule has 146 valence electrons. The summed E-state index contributed by atoms with van der Waals surface area (Å²) in [6.45, 7) is 8.55. The van der Waals surface area contributed by atoms with E-state index in [1.807, 2.05) is 12.1 Å². The monoisotopic (exact) mass is 370 g/mol. The summed E-state index contributed by atoms with van der Waals surface area (Å²) < 4.78 is 16.3. The number of hydrogen-bond donors (Lipinski definition) is 0. The van der Waals surface area contributed by atoms with Crippen molar-refractivity contribution >= 4 is 5.78 Å². The third-order valence-corrected chi connectivity index (χ3v) is 4.82. The van der Waals surface area contributed by atoms with Crippen LogP contribution in [0.1, 0.15) is 66.6 Å². The molecule has 0 aromatic heterocycles. The second kappa shape index (κ2) is 8.94. The molecular formula is C23H30O4. The largest absolute Gasteiger partial charge is 0.496 e. The van der Waals surface area contributed by atoms with Gasteiger partial charge < -0.3 is 14.2 Å². The molecule has 0 amide bonds. The quantitative estimate of drug-likeness (QED) is 0.585. The lowest BCUT2D eigenvalue weighted by Gasteiger charge is -2.18. The molecule has 0 aliphatic rings. The molecule has 0 N–H and O–H groups in total. The molecule has 2 aromatic carbocycles. The van der Waals surface area contributed by atoms with Crippen LogP contribution >= 0.6 is 0 Å². The van der Waals surface area contributed by atoms with E-state index in [9.17, 15) is 4.79 Å². The maximum atomic E-state index is 13.2. The van der Waals surface area contributed by atoms with Gasteiger partial charge in [0.1, 0.15) is 17.2 Å². The van der Waals surface area contributed by atoms with Gasteiger partial charge in [-0.3, -0.25) is 4.79 Å². The van der Waals surface area contributed by atoms with Crippen LogP contribution < -0.4 is 14.2 Å². The molecule has 0 fully saturated rings. The molecule has 0 unspecified atom stereocenters. The van der Waals surface area contributed by atoms with E-state index >= 15 is 0 Å². The summed E-state index contributed by atoms with van der Waals surface area (Å²) in [5.41, 5.74) is 3.82. The highest BCUT2D eigenvalue weighted by molar-refractivity contribution is 5.99. The maximum Gasteiger partial charge on any atom is 0.167 e. The van der Waals surface area contributed by atoms with Gasteiger partial charge in [0.15, 0.2) is 5.78 Å². The fraction of sp³-hybridized carbons (Fsp3) is 0.435. The lowest BCUT2D eigenvalue weighted by atomic mass is 9.88. The van der Waals surface area contributed by atoms with Crippen LogP contribution in [0.5, 0.6) is 17.2 Å². The predicted octanol–water partition coefficient (Wildman–Crippen LogP) is 5.38. The Morgan fingerprint density at radius 1 is 0.852 bits per heavy atom. The van der Waals surface area contributed by atoms with Crippen LogP contribution in [0.2, 0.25) is 0 Å². The van der Waals surface area contributed by atoms with Crippen molar-refractivity contribution in [1.29, 1.82) is 0 Å². The summed E-state index contributed by atoms with van der Waals surface area (Å²) in [5.74, 6) is 2.55. The summed E-state index contributed by atoms with van der Waals surface area (Å²) in [4.78, 5) is 13.2. The van der Waals surface area contributed by atoms with Crippen molar-refractivity contribution in [2.75, 3.05) is 21.3 Å². The van der Waals surface area contributed by atoms with E-state index in [1.54, 1.807) is 33.5 Å². The van der Waals surface area contributed by atoms with Gasteiger partial charge in [0.25, 0.3) is 0 Å². The van der Waals surface area contributed by atoms with Crippen molar-refractivity contribution in [3.8, 4) is 17.2 Å². The second-order valence-corrected chi connectivity index (χ2v) is 7.27. The number of carbonyl (C=O) groups excluding carboxylic acids is 1. The fourth-order valence-electron chi connectivity index (χ4n) is 3.18.